The maximum Gasteiger partial charge on any atom is 0.417 e. The molecule has 0 saturated heterocycles. The van der Waals surface area contributed by atoms with Gasteiger partial charge in [-0.1, -0.05) is 297 Å². The van der Waals surface area contributed by atoms with Crippen LogP contribution < -0.4 is 0 Å². The van der Waals surface area contributed by atoms with Crippen LogP contribution in [-0.4, -0.2) is 9.97 Å². The molecule has 100 heavy (non-hydrogen) atoms. The molecule has 4 aliphatic carbocycles. The molecular weight excluding hydrogens is 1250 g/mol. The molecule has 17 aromatic rings. The number of hydrogen-bond donors (Lipinski definition) is 0. The number of nitrogens with zero attached hydrogens (tertiary/aromatic N) is 2. The summed E-state index contributed by atoms with van der Waals surface area (Å²) in [5.74, 6) is 0. The maximum atomic E-state index is 15.1. The summed E-state index contributed by atoms with van der Waals surface area (Å²) in [5, 5.41) is 3.73. The molecule has 0 amide bonds. The lowest BCUT2D eigenvalue weighted by atomic mass is 9.70. The van der Waals surface area contributed by atoms with Gasteiger partial charge in [-0.15, -0.1) is 11.3 Å². The van der Waals surface area contributed by atoms with Crippen molar-refractivity contribution in [2.75, 3.05) is 0 Å². The van der Waals surface area contributed by atoms with Gasteiger partial charge in [0.15, 0.2) is 0 Å². The smallest absolute Gasteiger partial charge is 0.242 e. The van der Waals surface area contributed by atoms with Crippen LogP contribution in [0.2, 0.25) is 0 Å². The van der Waals surface area contributed by atoms with Crippen molar-refractivity contribution in [3.05, 3.63) is 371 Å². The van der Waals surface area contributed by atoms with E-state index in [1.54, 1.807) is 29.5 Å². The molecule has 2 spiro atoms. The second-order valence-corrected chi connectivity index (χ2v) is 28.1. The highest BCUT2D eigenvalue weighted by Crippen LogP contribution is 2.67. The first kappa shape index (κ1) is 57.0. The number of rotatable bonds is 6. The standard InChI is InChI=1S/C94H55F3N2S/c1-54-24-2-3-25-57(54)60-28-6-4-26-58(60)55-48-50-62-63-51-49-56(59-27-5-7-29-61(59)64-30-12-21-45-81(64)94(95,96)97)53-74(63)87-86(73(62)52-55)98-88-89(99-87)91(72-38-23-47-83-85(72)70-36-14-20-44-80(70)93(83)77-41-17-10-33-67(77)68-34-11-18-42-78(68)93)100-90(88)71-37-22-46-82-84(71)69-35-13-19-43-79(69)92(82)75-39-15-8-31-65(75)66-32-9-16-40-76(66)92/h2-53H,1H3. The summed E-state index contributed by atoms with van der Waals surface area (Å²) in [5.41, 5.74) is 30.6. The predicted octanol–water partition coefficient (Wildman–Crippen LogP) is 25.2. The molecule has 468 valence electrons. The molecule has 0 unspecified atom stereocenters. The molecule has 6 heteroatoms. The fourth-order valence-corrected chi connectivity index (χ4v) is 19.7. The van der Waals surface area contributed by atoms with Gasteiger partial charge in [-0.2, -0.15) is 13.2 Å². The highest BCUT2D eigenvalue weighted by atomic mass is 32.1. The van der Waals surface area contributed by atoms with Crippen molar-refractivity contribution >= 4 is 54.9 Å². The van der Waals surface area contributed by atoms with E-state index >= 15 is 13.2 Å². The molecule has 0 radical (unpaired) electrons. The summed E-state index contributed by atoms with van der Waals surface area (Å²) in [6.45, 7) is 2.17. The Balaban J connectivity index is 0.902. The van der Waals surface area contributed by atoms with Crippen LogP contribution in [0.15, 0.2) is 315 Å². The summed E-state index contributed by atoms with van der Waals surface area (Å²) in [6, 6.07) is 111. The lowest BCUT2D eigenvalue weighted by Gasteiger charge is -2.30. The molecule has 15 aromatic carbocycles. The molecular formula is C94H55F3N2S. The van der Waals surface area contributed by atoms with Gasteiger partial charge < -0.3 is 0 Å². The molecule has 0 atom stereocenters. The van der Waals surface area contributed by atoms with E-state index in [0.717, 1.165) is 86.8 Å². The summed E-state index contributed by atoms with van der Waals surface area (Å²) >= 11 is 1.77. The maximum absolute atomic E-state index is 15.1. The lowest BCUT2D eigenvalue weighted by molar-refractivity contribution is -0.137. The zero-order valence-corrected chi connectivity index (χ0v) is 54.8. The van der Waals surface area contributed by atoms with E-state index in [9.17, 15) is 0 Å². The van der Waals surface area contributed by atoms with E-state index in [4.69, 9.17) is 9.97 Å². The molecule has 2 nitrogen and oxygen atoms in total. The van der Waals surface area contributed by atoms with Crippen molar-refractivity contribution in [2.24, 2.45) is 0 Å². The average Bonchev–Trinajstić information content (AvgIpc) is 1.51. The Morgan fingerprint density at radius 3 is 0.980 bits per heavy atom. The molecule has 0 N–H and O–H groups in total. The van der Waals surface area contributed by atoms with Gasteiger partial charge in [-0.25, -0.2) is 9.97 Å². The minimum atomic E-state index is -4.58. The molecule has 0 fully saturated rings. The molecule has 0 bridgehead atoms. The third kappa shape index (κ3) is 7.58. The minimum Gasteiger partial charge on any atom is -0.242 e. The molecule has 0 saturated carbocycles. The Morgan fingerprint density at radius 2 is 0.570 bits per heavy atom. The first-order chi connectivity index (χ1) is 49.2. The molecule has 4 aliphatic rings. The Bertz CT molecular complexity index is 6360. The normalized spacial score (nSPS) is 13.8. The molecule has 2 heterocycles. The van der Waals surface area contributed by atoms with E-state index < -0.39 is 22.6 Å². The number of alkyl halides is 3. The fourth-order valence-electron chi connectivity index (χ4n) is 18.4. The second kappa shape index (κ2) is 21.0. The Labute approximate surface area is 579 Å². The van der Waals surface area contributed by atoms with E-state index in [0.29, 0.717) is 16.6 Å². The monoisotopic (exact) mass is 1300 g/mol. The van der Waals surface area contributed by atoms with Crippen LogP contribution in [0.4, 0.5) is 13.2 Å². The number of aromatic nitrogens is 2. The van der Waals surface area contributed by atoms with Crippen molar-refractivity contribution in [3.63, 3.8) is 0 Å². The molecule has 0 aliphatic heterocycles. The zero-order valence-electron chi connectivity index (χ0n) is 54.0. The Morgan fingerprint density at radius 1 is 0.260 bits per heavy atom. The Hall–Kier alpha value is -12.1. The topological polar surface area (TPSA) is 25.8 Å². The summed E-state index contributed by atoms with van der Waals surface area (Å²) in [6.07, 6.45) is -4.58. The van der Waals surface area contributed by atoms with Crippen LogP contribution in [0.25, 0.3) is 154 Å². The lowest BCUT2D eigenvalue weighted by Crippen LogP contribution is -2.25. The van der Waals surface area contributed by atoms with Gasteiger partial charge >= 0.3 is 6.18 Å². The number of thiophene rings is 1. The van der Waals surface area contributed by atoms with Gasteiger partial charge in [0.25, 0.3) is 0 Å². The van der Waals surface area contributed by atoms with Crippen LogP contribution in [-0.2, 0) is 17.0 Å². The summed E-state index contributed by atoms with van der Waals surface area (Å²) in [7, 11) is 0. The molecule has 2 aromatic heterocycles. The number of hydrogen-bond acceptors (Lipinski definition) is 3. The van der Waals surface area contributed by atoms with Crippen molar-refractivity contribution in [3.8, 4) is 110 Å². The van der Waals surface area contributed by atoms with E-state index in [1.807, 2.05) is 18.2 Å². The van der Waals surface area contributed by atoms with E-state index in [2.05, 4.69) is 274 Å². The Kier molecular flexibility index (Phi) is 12.0. The fraction of sp³-hybridized carbons (Fsp3) is 0.0426. The third-order valence-corrected chi connectivity index (χ3v) is 23.6. The molecule has 21 rings (SSSR count). The summed E-state index contributed by atoms with van der Waals surface area (Å²) < 4.78 is 45.3. The predicted molar refractivity (Wildman–Crippen MR) is 405 cm³/mol. The SMILES string of the molecule is Cc1ccccc1-c1ccccc1-c1ccc2c3ccc(-c4ccccc4-c4ccccc4C(F)(F)F)cc3c3nc4c(-c5cccc6c5-c5ccccc5C65c6ccccc6-c6ccccc65)sc(-c5cccc6c5-c5ccccc5C65c6ccccc6-c6ccccc65)c4nc3c2c1. The van der Waals surface area contributed by atoms with Crippen LogP contribution in [0.3, 0.4) is 0 Å². The van der Waals surface area contributed by atoms with Gasteiger partial charge in [0.2, 0.25) is 0 Å². The third-order valence-electron chi connectivity index (χ3n) is 22.3. The van der Waals surface area contributed by atoms with Crippen molar-refractivity contribution in [2.45, 2.75) is 23.9 Å². The number of aryl methyl sites for hydroxylation is 1. The van der Waals surface area contributed by atoms with E-state index in [1.165, 1.54) is 107 Å². The average molecular weight is 1300 g/mol. The van der Waals surface area contributed by atoms with Crippen molar-refractivity contribution in [1.29, 1.82) is 0 Å². The van der Waals surface area contributed by atoms with Crippen molar-refractivity contribution in [1.82, 2.24) is 9.97 Å². The number of halogens is 3. The summed E-state index contributed by atoms with van der Waals surface area (Å²) in [4.78, 5) is 14.5. The van der Waals surface area contributed by atoms with Gasteiger partial charge in [0.1, 0.15) is 11.0 Å². The van der Waals surface area contributed by atoms with Gasteiger partial charge in [0.05, 0.1) is 37.2 Å². The van der Waals surface area contributed by atoms with E-state index in [-0.39, 0.29) is 5.56 Å². The quantitative estimate of drug-likeness (QED) is 0.155. The van der Waals surface area contributed by atoms with Crippen LogP contribution in [0, 0.1) is 6.92 Å². The highest BCUT2D eigenvalue weighted by molar-refractivity contribution is 7.21. The van der Waals surface area contributed by atoms with Crippen LogP contribution in [0.5, 0.6) is 0 Å². The van der Waals surface area contributed by atoms with Crippen LogP contribution >= 0.6 is 11.3 Å². The number of fused-ring (bicyclic) bond motifs is 27. The second-order valence-electron chi connectivity index (χ2n) is 27.1. The van der Waals surface area contributed by atoms with Gasteiger partial charge in [0, 0.05) is 21.9 Å². The first-order valence-electron chi connectivity index (χ1n) is 34.1. The highest BCUT2D eigenvalue weighted by Gasteiger charge is 2.54. The zero-order chi connectivity index (χ0) is 66.3. The number of benzene rings is 15. The largest absolute Gasteiger partial charge is 0.417 e. The van der Waals surface area contributed by atoms with Gasteiger partial charge in [-0.05, 0) is 175 Å². The van der Waals surface area contributed by atoms with Gasteiger partial charge in [-0.3, -0.25) is 0 Å². The van der Waals surface area contributed by atoms with Crippen LogP contribution in [0.1, 0.15) is 55.6 Å². The van der Waals surface area contributed by atoms with Crippen molar-refractivity contribution < 1.29 is 13.2 Å². The first-order valence-corrected chi connectivity index (χ1v) is 34.9. The minimum absolute atomic E-state index is 0.120.